The zero-order valence-electron chi connectivity index (χ0n) is 12.1. The minimum Gasteiger partial charge on any atom is -0.454 e. The Kier molecular flexibility index (Phi) is 3.49. The molecule has 0 saturated heterocycles. The molecule has 2 aromatic rings. The van der Waals surface area contributed by atoms with Gasteiger partial charge in [0.1, 0.15) is 16.2 Å². The molecule has 3 rings (SSSR count). The van der Waals surface area contributed by atoms with Crippen LogP contribution in [0.5, 0.6) is 11.5 Å². The first-order chi connectivity index (χ1) is 9.91. The number of nitrogens with zero attached hydrogens (tertiary/aromatic N) is 2. The highest BCUT2D eigenvalue weighted by molar-refractivity contribution is 9.10. The van der Waals surface area contributed by atoms with Gasteiger partial charge in [0.2, 0.25) is 6.79 Å². The highest BCUT2D eigenvalue weighted by Crippen LogP contribution is 2.35. The Bertz CT molecular complexity index is 683. The summed E-state index contributed by atoms with van der Waals surface area (Å²) in [5.41, 5.74) is 0.777. The standard InChI is InChI=1S/C15H16BrN3O2/c1-15(2,3)14-18-12(16)7-13(19-14)17-9-4-5-10-11(6-9)21-8-20-10/h4-7H,8H2,1-3H3,(H,17,18,19). The van der Waals surface area contributed by atoms with Gasteiger partial charge in [-0.1, -0.05) is 20.8 Å². The molecule has 0 fully saturated rings. The number of hydrogen-bond donors (Lipinski definition) is 1. The Hall–Kier alpha value is -1.82. The van der Waals surface area contributed by atoms with Gasteiger partial charge in [0, 0.05) is 23.2 Å². The lowest BCUT2D eigenvalue weighted by molar-refractivity contribution is 0.174. The maximum absolute atomic E-state index is 5.37. The van der Waals surface area contributed by atoms with E-state index in [-0.39, 0.29) is 12.2 Å². The van der Waals surface area contributed by atoms with Crippen LogP contribution in [0.1, 0.15) is 26.6 Å². The van der Waals surface area contributed by atoms with E-state index in [1.54, 1.807) is 0 Å². The van der Waals surface area contributed by atoms with Gasteiger partial charge in [-0.05, 0) is 28.1 Å². The normalized spacial score (nSPS) is 13.3. The zero-order valence-corrected chi connectivity index (χ0v) is 13.7. The van der Waals surface area contributed by atoms with Crippen LogP contribution in [0.3, 0.4) is 0 Å². The van der Waals surface area contributed by atoms with Crippen molar-refractivity contribution in [2.45, 2.75) is 26.2 Å². The molecule has 1 aliphatic rings. The van der Waals surface area contributed by atoms with E-state index in [1.165, 1.54) is 0 Å². The van der Waals surface area contributed by atoms with E-state index in [0.29, 0.717) is 0 Å². The number of benzene rings is 1. The second-order valence-electron chi connectivity index (χ2n) is 5.84. The summed E-state index contributed by atoms with van der Waals surface area (Å²) in [6, 6.07) is 7.56. The maximum atomic E-state index is 5.37. The Balaban J connectivity index is 1.89. The summed E-state index contributed by atoms with van der Waals surface area (Å²) in [5.74, 6) is 3.02. The van der Waals surface area contributed by atoms with E-state index in [2.05, 4.69) is 52.0 Å². The third kappa shape index (κ3) is 3.10. The molecule has 2 heterocycles. The predicted molar refractivity (Wildman–Crippen MR) is 84.3 cm³/mol. The lowest BCUT2D eigenvalue weighted by Gasteiger charge is -2.18. The topological polar surface area (TPSA) is 56.3 Å². The largest absolute Gasteiger partial charge is 0.454 e. The minimum atomic E-state index is -0.116. The Morgan fingerprint density at radius 2 is 1.86 bits per heavy atom. The summed E-state index contributed by atoms with van der Waals surface area (Å²) in [4.78, 5) is 8.99. The molecule has 21 heavy (non-hydrogen) atoms. The number of fused-ring (bicyclic) bond motifs is 1. The molecule has 0 amide bonds. The highest BCUT2D eigenvalue weighted by Gasteiger charge is 2.19. The van der Waals surface area contributed by atoms with Crippen LogP contribution in [0.15, 0.2) is 28.9 Å². The molecule has 0 atom stereocenters. The van der Waals surface area contributed by atoms with E-state index in [0.717, 1.165) is 33.4 Å². The van der Waals surface area contributed by atoms with Gasteiger partial charge in [-0.15, -0.1) is 0 Å². The number of anilines is 2. The number of nitrogens with one attached hydrogen (secondary N) is 1. The van der Waals surface area contributed by atoms with Gasteiger partial charge >= 0.3 is 0 Å². The molecule has 1 aliphatic heterocycles. The predicted octanol–water partition coefficient (Wildman–Crippen LogP) is 4.01. The smallest absolute Gasteiger partial charge is 0.231 e. The van der Waals surface area contributed by atoms with Crippen LogP contribution in [0.25, 0.3) is 0 Å². The Morgan fingerprint density at radius 1 is 1.10 bits per heavy atom. The highest BCUT2D eigenvalue weighted by atomic mass is 79.9. The van der Waals surface area contributed by atoms with Gasteiger partial charge in [-0.25, -0.2) is 9.97 Å². The number of ether oxygens (including phenoxy) is 2. The second kappa shape index (κ2) is 5.18. The van der Waals surface area contributed by atoms with E-state index in [4.69, 9.17) is 9.47 Å². The molecule has 0 radical (unpaired) electrons. The van der Waals surface area contributed by atoms with Gasteiger partial charge < -0.3 is 14.8 Å². The monoisotopic (exact) mass is 349 g/mol. The summed E-state index contributed by atoms with van der Waals surface area (Å²) in [5, 5.41) is 3.27. The first-order valence-corrected chi connectivity index (χ1v) is 7.43. The van der Waals surface area contributed by atoms with Crippen molar-refractivity contribution in [3.8, 4) is 11.5 Å². The van der Waals surface area contributed by atoms with Crippen molar-refractivity contribution in [1.82, 2.24) is 9.97 Å². The van der Waals surface area contributed by atoms with Crippen LogP contribution >= 0.6 is 15.9 Å². The van der Waals surface area contributed by atoms with Crippen molar-refractivity contribution in [1.29, 1.82) is 0 Å². The quantitative estimate of drug-likeness (QED) is 0.830. The lowest BCUT2D eigenvalue weighted by Crippen LogP contribution is -2.16. The number of hydrogen-bond acceptors (Lipinski definition) is 5. The molecule has 0 unspecified atom stereocenters. The fraction of sp³-hybridized carbons (Fsp3) is 0.333. The number of aromatic nitrogens is 2. The number of halogens is 1. The SMILES string of the molecule is CC(C)(C)c1nc(Br)cc(Nc2ccc3c(c2)OCO3)n1. The molecule has 1 aromatic heterocycles. The van der Waals surface area contributed by atoms with Gasteiger partial charge in [0.25, 0.3) is 0 Å². The van der Waals surface area contributed by atoms with Gasteiger partial charge in [0.15, 0.2) is 11.5 Å². The third-order valence-electron chi connectivity index (χ3n) is 3.01. The second-order valence-corrected chi connectivity index (χ2v) is 6.66. The summed E-state index contributed by atoms with van der Waals surface area (Å²) < 4.78 is 11.4. The van der Waals surface area contributed by atoms with Crippen LogP contribution in [-0.2, 0) is 5.41 Å². The molecule has 110 valence electrons. The summed E-state index contributed by atoms with van der Waals surface area (Å²) in [7, 11) is 0. The van der Waals surface area contributed by atoms with E-state index >= 15 is 0 Å². The van der Waals surface area contributed by atoms with Crippen molar-refractivity contribution >= 4 is 27.4 Å². The number of rotatable bonds is 2. The van der Waals surface area contributed by atoms with Crippen LogP contribution < -0.4 is 14.8 Å². The molecule has 5 nitrogen and oxygen atoms in total. The maximum Gasteiger partial charge on any atom is 0.231 e. The summed E-state index contributed by atoms with van der Waals surface area (Å²) in [6.07, 6.45) is 0. The molecule has 0 aliphatic carbocycles. The minimum absolute atomic E-state index is 0.116. The first-order valence-electron chi connectivity index (χ1n) is 6.63. The van der Waals surface area contributed by atoms with Crippen LogP contribution in [-0.4, -0.2) is 16.8 Å². The van der Waals surface area contributed by atoms with Gasteiger partial charge in [-0.3, -0.25) is 0 Å². The van der Waals surface area contributed by atoms with Crippen LogP contribution in [0.4, 0.5) is 11.5 Å². The molecule has 6 heteroatoms. The summed E-state index contributed by atoms with van der Waals surface area (Å²) >= 11 is 3.43. The van der Waals surface area contributed by atoms with Crippen molar-refractivity contribution in [2.24, 2.45) is 0 Å². The van der Waals surface area contributed by atoms with Gasteiger partial charge in [-0.2, -0.15) is 0 Å². The van der Waals surface area contributed by atoms with Crippen molar-refractivity contribution in [3.05, 3.63) is 34.7 Å². The van der Waals surface area contributed by atoms with Crippen molar-refractivity contribution in [2.75, 3.05) is 12.1 Å². The molecule has 0 spiro atoms. The third-order valence-corrected chi connectivity index (χ3v) is 3.42. The molecule has 1 N–H and O–H groups in total. The first kappa shape index (κ1) is 14.1. The molecular formula is C15H16BrN3O2. The summed E-state index contributed by atoms with van der Waals surface area (Å²) in [6.45, 7) is 6.52. The van der Waals surface area contributed by atoms with Crippen molar-refractivity contribution < 1.29 is 9.47 Å². The van der Waals surface area contributed by atoms with E-state index < -0.39 is 0 Å². The molecule has 1 aromatic carbocycles. The fourth-order valence-corrected chi connectivity index (χ4v) is 2.32. The molecular weight excluding hydrogens is 334 g/mol. The molecule has 0 saturated carbocycles. The van der Waals surface area contributed by atoms with Crippen LogP contribution in [0.2, 0.25) is 0 Å². The fourth-order valence-electron chi connectivity index (χ4n) is 1.94. The molecule has 0 bridgehead atoms. The van der Waals surface area contributed by atoms with Gasteiger partial charge in [0.05, 0.1) is 0 Å². The Morgan fingerprint density at radius 3 is 2.62 bits per heavy atom. The zero-order chi connectivity index (χ0) is 15.0. The van der Waals surface area contributed by atoms with E-state index in [9.17, 15) is 0 Å². The average molecular weight is 350 g/mol. The average Bonchev–Trinajstić information content (AvgIpc) is 2.84. The van der Waals surface area contributed by atoms with Crippen molar-refractivity contribution in [3.63, 3.8) is 0 Å². The van der Waals surface area contributed by atoms with E-state index in [1.807, 2.05) is 24.3 Å². The lowest BCUT2D eigenvalue weighted by atomic mass is 9.96. The van der Waals surface area contributed by atoms with Crippen LogP contribution in [0, 0.1) is 0 Å². The Labute approximate surface area is 131 Å².